The summed E-state index contributed by atoms with van der Waals surface area (Å²) >= 11 is 0. The van der Waals surface area contributed by atoms with Crippen LogP contribution in [0.25, 0.3) is 0 Å². The van der Waals surface area contributed by atoms with E-state index in [9.17, 15) is 13.2 Å². The van der Waals surface area contributed by atoms with E-state index >= 15 is 0 Å². The maximum atomic E-state index is 12.3. The van der Waals surface area contributed by atoms with Crippen molar-refractivity contribution in [3.05, 3.63) is 41.7 Å². The summed E-state index contributed by atoms with van der Waals surface area (Å²) in [6.45, 7) is 2.21. The van der Waals surface area contributed by atoms with Crippen LogP contribution in [0.15, 0.2) is 30.3 Å². The van der Waals surface area contributed by atoms with Gasteiger partial charge in [-0.3, -0.25) is 4.68 Å². The van der Waals surface area contributed by atoms with Crippen molar-refractivity contribution in [2.75, 3.05) is 5.32 Å². The Bertz CT molecular complexity index is 593. The number of halogens is 3. The molecule has 0 fully saturated rings. The molecule has 7 heteroatoms. The Kier molecular flexibility index (Phi) is 3.87. The maximum absolute atomic E-state index is 12.3. The molecule has 0 radical (unpaired) electrons. The number of benzene rings is 1. The molecule has 0 aliphatic rings. The van der Waals surface area contributed by atoms with E-state index < -0.39 is 6.36 Å². The summed E-state index contributed by atoms with van der Waals surface area (Å²) < 4.78 is 42.5. The van der Waals surface area contributed by atoms with E-state index in [4.69, 9.17) is 0 Å². The van der Waals surface area contributed by atoms with E-state index in [0.29, 0.717) is 6.54 Å². The lowest BCUT2D eigenvalue weighted by atomic mass is 10.3. The summed E-state index contributed by atoms with van der Waals surface area (Å²) in [5.74, 6) is -0.251. The first-order chi connectivity index (χ1) is 9.35. The van der Waals surface area contributed by atoms with Crippen molar-refractivity contribution in [1.82, 2.24) is 9.78 Å². The highest BCUT2D eigenvalue weighted by Gasteiger charge is 2.32. The van der Waals surface area contributed by atoms with Gasteiger partial charge in [-0.05, 0) is 25.1 Å². The minimum atomic E-state index is -4.71. The molecule has 1 aromatic carbocycles. The molecule has 0 saturated carbocycles. The van der Waals surface area contributed by atoms with Gasteiger partial charge < -0.3 is 10.1 Å². The molecule has 0 atom stereocenters. The van der Waals surface area contributed by atoms with Crippen LogP contribution in [0.5, 0.6) is 5.75 Å². The van der Waals surface area contributed by atoms with Gasteiger partial charge in [-0.15, -0.1) is 13.2 Å². The van der Waals surface area contributed by atoms with Gasteiger partial charge in [-0.25, -0.2) is 0 Å². The summed E-state index contributed by atoms with van der Waals surface area (Å²) in [5.41, 5.74) is 2.00. The Morgan fingerprint density at radius 3 is 2.60 bits per heavy atom. The van der Waals surface area contributed by atoms with Gasteiger partial charge in [-0.2, -0.15) is 5.10 Å². The number of alkyl halides is 3. The molecule has 0 aliphatic heterocycles. The molecule has 0 amide bonds. The van der Waals surface area contributed by atoms with Crippen molar-refractivity contribution >= 4 is 5.69 Å². The first-order valence-electron chi connectivity index (χ1n) is 5.93. The van der Waals surface area contributed by atoms with E-state index in [1.165, 1.54) is 18.2 Å². The number of hydrogen-bond donors (Lipinski definition) is 1. The van der Waals surface area contributed by atoms with Crippen LogP contribution in [0, 0.1) is 6.92 Å². The monoisotopic (exact) mass is 285 g/mol. The average Bonchev–Trinajstić information content (AvgIpc) is 2.65. The summed E-state index contributed by atoms with van der Waals surface area (Å²) in [7, 11) is 1.78. The number of hydrogen-bond acceptors (Lipinski definition) is 3. The Balaban J connectivity index is 2.11. The molecule has 1 aromatic heterocycles. The van der Waals surface area contributed by atoms with Crippen molar-refractivity contribution in [2.45, 2.75) is 19.8 Å². The zero-order chi connectivity index (χ0) is 14.8. The van der Waals surface area contributed by atoms with Crippen LogP contribution in [0.3, 0.4) is 0 Å². The summed E-state index contributed by atoms with van der Waals surface area (Å²) in [6.07, 6.45) is -4.71. The number of nitrogens with zero attached hydrogens (tertiary/aromatic N) is 2. The second-order valence-corrected chi connectivity index (χ2v) is 4.30. The summed E-state index contributed by atoms with van der Waals surface area (Å²) in [5, 5.41) is 7.09. The molecule has 1 heterocycles. The minimum absolute atomic E-state index is 0.251. The Labute approximate surface area is 114 Å². The second kappa shape index (κ2) is 5.44. The molecule has 2 aromatic rings. The van der Waals surface area contributed by atoms with Gasteiger partial charge in [0.1, 0.15) is 0 Å². The van der Waals surface area contributed by atoms with E-state index in [0.717, 1.165) is 11.4 Å². The van der Waals surface area contributed by atoms with Crippen LogP contribution >= 0.6 is 0 Å². The van der Waals surface area contributed by atoms with Crippen molar-refractivity contribution in [2.24, 2.45) is 7.05 Å². The van der Waals surface area contributed by atoms with Gasteiger partial charge in [0.05, 0.1) is 23.6 Å². The molecule has 108 valence electrons. The third kappa shape index (κ3) is 3.66. The van der Waals surface area contributed by atoms with Crippen LogP contribution in [0.2, 0.25) is 0 Å². The van der Waals surface area contributed by atoms with Crippen LogP contribution in [-0.4, -0.2) is 16.1 Å². The minimum Gasteiger partial charge on any atom is -0.404 e. The molecule has 0 spiro atoms. The molecule has 0 saturated heterocycles. The van der Waals surface area contributed by atoms with E-state index in [1.54, 1.807) is 17.8 Å². The zero-order valence-corrected chi connectivity index (χ0v) is 11.0. The average molecular weight is 285 g/mol. The molecule has 4 nitrogen and oxygen atoms in total. The molecular weight excluding hydrogens is 271 g/mol. The lowest BCUT2D eigenvalue weighted by molar-refractivity contribution is -0.274. The fourth-order valence-corrected chi connectivity index (χ4v) is 1.84. The molecule has 1 N–H and O–H groups in total. The van der Waals surface area contributed by atoms with Crippen molar-refractivity contribution in [1.29, 1.82) is 0 Å². The van der Waals surface area contributed by atoms with E-state index in [2.05, 4.69) is 15.2 Å². The third-order valence-corrected chi connectivity index (χ3v) is 2.67. The van der Waals surface area contributed by atoms with Crippen LogP contribution < -0.4 is 10.1 Å². The molecule has 0 aliphatic carbocycles. The number of aromatic nitrogens is 2. The van der Waals surface area contributed by atoms with Crippen molar-refractivity contribution in [3.8, 4) is 5.75 Å². The number of anilines is 1. The fourth-order valence-electron chi connectivity index (χ4n) is 1.84. The van der Waals surface area contributed by atoms with Crippen LogP contribution in [0.4, 0.5) is 18.9 Å². The highest BCUT2D eigenvalue weighted by Crippen LogP contribution is 2.30. The number of para-hydroxylation sites is 2. The van der Waals surface area contributed by atoms with Gasteiger partial charge in [0, 0.05) is 7.05 Å². The fraction of sp³-hybridized carbons (Fsp3) is 0.308. The van der Waals surface area contributed by atoms with Gasteiger partial charge in [-0.1, -0.05) is 12.1 Å². The molecular formula is C13H14F3N3O. The SMILES string of the molecule is Cc1cc(CNc2ccccc2OC(F)(F)F)n(C)n1. The highest BCUT2D eigenvalue weighted by molar-refractivity contribution is 5.56. The predicted octanol–water partition coefficient (Wildman–Crippen LogP) is 3.24. The topological polar surface area (TPSA) is 39.1 Å². The van der Waals surface area contributed by atoms with Gasteiger partial charge >= 0.3 is 6.36 Å². The van der Waals surface area contributed by atoms with E-state index in [-0.39, 0.29) is 11.4 Å². The standard InChI is InChI=1S/C13H14F3N3O/c1-9-7-10(19(2)18-9)8-17-11-5-3-4-6-12(11)20-13(14,15)16/h3-7,17H,8H2,1-2H3. The highest BCUT2D eigenvalue weighted by atomic mass is 19.4. The second-order valence-electron chi connectivity index (χ2n) is 4.30. The summed E-state index contributed by atoms with van der Waals surface area (Å²) in [6, 6.07) is 7.79. The smallest absolute Gasteiger partial charge is 0.404 e. The molecule has 0 bridgehead atoms. The first kappa shape index (κ1) is 14.2. The Morgan fingerprint density at radius 2 is 2.00 bits per heavy atom. The zero-order valence-electron chi connectivity index (χ0n) is 11.0. The third-order valence-electron chi connectivity index (χ3n) is 2.67. The van der Waals surface area contributed by atoms with Gasteiger partial charge in [0.2, 0.25) is 0 Å². The lowest BCUT2D eigenvalue weighted by Gasteiger charge is -2.14. The maximum Gasteiger partial charge on any atom is 0.573 e. The Morgan fingerprint density at radius 1 is 1.30 bits per heavy atom. The first-order valence-corrected chi connectivity index (χ1v) is 5.93. The molecule has 0 unspecified atom stereocenters. The summed E-state index contributed by atoms with van der Waals surface area (Å²) in [4.78, 5) is 0. The number of rotatable bonds is 4. The number of nitrogens with one attached hydrogen (secondary N) is 1. The van der Waals surface area contributed by atoms with Gasteiger partial charge in [0.25, 0.3) is 0 Å². The molecule has 20 heavy (non-hydrogen) atoms. The number of ether oxygens (including phenoxy) is 1. The quantitative estimate of drug-likeness (QED) is 0.937. The van der Waals surface area contributed by atoms with Gasteiger partial charge in [0.15, 0.2) is 5.75 Å². The predicted molar refractivity (Wildman–Crippen MR) is 68.4 cm³/mol. The van der Waals surface area contributed by atoms with Crippen LogP contribution in [-0.2, 0) is 13.6 Å². The lowest BCUT2D eigenvalue weighted by Crippen LogP contribution is -2.18. The normalized spacial score (nSPS) is 11.4. The largest absolute Gasteiger partial charge is 0.573 e. The van der Waals surface area contributed by atoms with Crippen molar-refractivity contribution < 1.29 is 17.9 Å². The van der Waals surface area contributed by atoms with E-state index in [1.807, 2.05) is 13.0 Å². The number of aryl methyl sites for hydroxylation is 2. The van der Waals surface area contributed by atoms with Crippen LogP contribution in [0.1, 0.15) is 11.4 Å². The van der Waals surface area contributed by atoms with Crippen molar-refractivity contribution in [3.63, 3.8) is 0 Å². The molecule has 2 rings (SSSR count). The Hall–Kier alpha value is -2.18.